The number of rotatable bonds is 6. The second-order valence-corrected chi connectivity index (χ2v) is 2.36. The Labute approximate surface area is 88.1 Å². The third kappa shape index (κ3) is 7.06. The highest BCUT2D eigenvalue weighted by Gasteiger charge is 2.02. The fourth-order valence-electron chi connectivity index (χ4n) is 0.560. The maximum Gasteiger partial charge on any atom is 0.412 e. The van der Waals surface area contributed by atoms with Crippen LogP contribution in [0.4, 0.5) is 4.79 Å². The van der Waals surface area contributed by atoms with Gasteiger partial charge in [-0.1, -0.05) is 19.7 Å². The van der Waals surface area contributed by atoms with E-state index in [2.05, 4.69) is 34.5 Å². The summed E-state index contributed by atoms with van der Waals surface area (Å²) in [5.41, 5.74) is 0. The Balaban J connectivity index is 3.55. The van der Waals surface area contributed by atoms with Gasteiger partial charge in [0.25, 0.3) is 0 Å². The highest BCUT2D eigenvalue weighted by atomic mass is 16.6. The number of hydrogen-bond donors (Lipinski definition) is 1. The maximum absolute atomic E-state index is 10.9. The molecule has 0 aromatic carbocycles. The van der Waals surface area contributed by atoms with E-state index < -0.39 is 12.1 Å². The maximum atomic E-state index is 10.9. The lowest BCUT2D eigenvalue weighted by Crippen LogP contribution is -2.28. The lowest BCUT2D eigenvalue weighted by molar-refractivity contribution is -0.137. The summed E-state index contributed by atoms with van der Waals surface area (Å²) in [4.78, 5) is 21.5. The summed E-state index contributed by atoms with van der Waals surface area (Å²) in [7, 11) is 0. The molecule has 0 radical (unpaired) electrons. The Kier molecular flexibility index (Phi) is 6.37. The summed E-state index contributed by atoms with van der Waals surface area (Å²) in [6.07, 6.45) is 1.67. The molecule has 0 aliphatic rings. The van der Waals surface area contributed by atoms with Crippen molar-refractivity contribution in [2.75, 3.05) is 13.2 Å². The first-order chi connectivity index (χ1) is 7.10. The van der Waals surface area contributed by atoms with Crippen LogP contribution in [0.15, 0.2) is 37.6 Å². The second-order valence-electron chi connectivity index (χ2n) is 2.36. The SMILES string of the molecule is C=CC(=C)OC(=O)NCCOC(=O)C=C. The van der Waals surface area contributed by atoms with Gasteiger partial charge in [-0.15, -0.1) is 0 Å². The zero-order chi connectivity index (χ0) is 11.7. The van der Waals surface area contributed by atoms with E-state index in [1.807, 2.05) is 0 Å². The molecule has 0 atom stereocenters. The van der Waals surface area contributed by atoms with E-state index in [0.29, 0.717) is 0 Å². The monoisotopic (exact) mass is 211 g/mol. The van der Waals surface area contributed by atoms with Gasteiger partial charge in [-0.3, -0.25) is 0 Å². The molecule has 0 aromatic heterocycles. The number of amides is 1. The van der Waals surface area contributed by atoms with Crippen molar-refractivity contribution in [3.63, 3.8) is 0 Å². The molecule has 15 heavy (non-hydrogen) atoms. The topological polar surface area (TPSA) is 64.6 Å². The first-order valence-electron chi connectivity index (χ1n) is 4.16. The minimum absolute atomic E-state index is 0.0561. The van der Waals surface area contributed by atoms with Crippen LogP contribution in [0.1, 0.15) is 0 Å². The van der Waals surface area contributed by atoms with Crippen LogP contribution < -0.4 is 5.32 Å². The van der Waals surface area contributed by atoms with Gasteiger partial charge < -0.3 is 14.8 Å². The van der Waals surface area contributed by atoms with Gasteiger partial charge in [0.15, 0.2) is 0 Å². The van der Waals surface area contributed by atoms with Crippen LogP contribution in [0.5, 0.6) is 0 Å². The Morgan fingerprint density at radius 1 is 1.27 bits per heavy atom. The van der Waals surface area contributed by atoms with Crippen molar-refractivity contribution in [1.82, 2.24) is 5.32 Å². The quantitative estimate of drug-likeness (QED) is 0.235. The predicted molar refractivity (Wildman–Crippen MR) is 55.0 cm³/mol. The lowest BCUT2D eigenvalue weighted by Gasteiger charge is -2.05. The minimum atomic E-state index is -0.672. The van der Waals surface area contributed by atoms with Crippen molar-refractivity contribution in [1.29, 1.82) is 0 Å². The molecule has 0 spiro atoms. The Bertz CT molecular complexity index is 283. The molecule has 0 heterocycles. The van der Waals surface area contributed by atoms with E-state index >= 15 is 0 Å². The number of alkyl carbamates (subject to hydrolysis) is 1. The average Bonchev–Trinajstić information content (AvgIpc) is 2.23. The molecule has 0 unspecified atom stereocenters. The molecule has 1 amide bonds. The third-order valence-electron chi connectivity index (χ3n) is 1.23. The van der Waals surface area contributed by atoms with E-state index in [0.717, 1.165) is 6.08 Å². The van der Waals surface area contributed by atoms with E-state index in [1.165, 1.54) is 6.08 Å². The molecule has 1 N–H and O–H groups in total. The Hall–Kier alpha value is -2.04. The van der Waals surface area contributed by atoms with Crippen LogP contribution in [0.25, 0.3) is 0 Å². The smallest absolute Gasteiger partial charge is 0.412 e. The van der Waals surface area contributed by atoms with E-state index in [-0.39, 0.29) is 18.9 Å². The molecule has 5 nitrogen and oxygen atoms in total. The number of carbonyl (C=O) groups is 2. The van der Waals surface area contributed by atoms with Crippen LogP contribution in [-0.2, 0) is 14.3 Å². The molecular weight excluding hydrogens is 198 g/mol. The predicted octanol–water partition coefficient (Wildman–Crippen LogP) is 1.14. The van der Waals surface area contributed by atoms with Crippen molar-refractivity contribution in [3.05, 3.63) is 37.6 Å². The molecule has 0 aromatic rings. The largest absolute Gasteiger partial charge is 0.461 e. The molecule has 0 bridgehead atoms. The van der Waals surface area contributed by atoms with E-state index in [4.69, 9.17) is 0 Å². The van der Waals surface area contributed by atoms with Gasteiger partial charge in [0.05, 0.1) is 6.54 Å². The van der Waals surface area contributed by atoms with Gasteiger partial charge in [0.1, 0.15) is 12.4 Å². The summed E-state index contributed by atoms with van der Waals surface area (Å²) in [6.45, 7) is 10.2. The highest BCUT2D eigenvalue weighted by molar-refractivity contribution is 5.81. The third-order valence-corrected chi connectivity index (χ3v) is 1.23. The number of carbonyl (C=O) groups excluding carboxylic acids is 2. The van der Waals surface area contributed by atoms with E-state index in [9.17, 15) is 9.59 Å². The fourth-order valence-corrected chi connectivity index (χ4v) is 0.560. The zero-order valence-electron chi connectivity index (χ0n) is 8.32. The van der Waals surface area contributed by atoms with Gasteiger partial charge in [-0.25, -0.2) is 9.59 Å². The number of hydrogen-bond acceptors (Lipinski definition) is 4. The van der Waals surface area contributed by atoms with Crippen molar-refractivity contribution < 1.29 is 19.1 Å². The summed E-state index contributed by atoms with van der Waals surface area (Å²) in [5, 5.41) is 2.35. The summed E-state index contributed by atoms with van der Waals surface area (Å²) in [6, 6.07) is 0. The second kappa shape index (κ2) is 7.37. The van der Waals surface area contributed by atoms with Crippen molar-refractivity contribution >= 4 is 12.1 Å². The normalized spacial score (nSPS) is 8.53. The molecule has 0 saturated carbocycles. The molecule has 5 heteroatoms. The first kappa shape index (κ1) is 13.0. The first-order valence-corrected chi connectivity index (χ1v) is 4.16. The molecule has 0 saturated heterocycles. The zero-order valence-corrected chi connectivity index (χ0v) is 8.32. The highest BCUT2D eigenvalue weighted by Crippen LogP contribution is 1.93. The molecule has 0 fully saturated rings. The van der Waals surface area contributed by atoms with Gasteiger partial charge >= 0.3 is 12.1 Å². The van der Waals surface area contributed by atoms with Crippen LogP contribution in [-0.4, -0.2) is 25.2 Å². The number of esters is 1. The number of allylic oxidation sites excluding steroid dienone is 1. The van der Waals surface area contributed by atoms with Gasteiger partial charge in [-0.05, 0) is 6.08 Å². The van der Waals surface area contributed by atoms with Gasteiger partial charge in [-0.2, -0.15) is 0 Å². The Morgan fingerprint density at radius 2 is 1.93 bits per heavy atom. The average molecular weight is 211 g/mol. The number of ether oxygens (including phenoxy) is 2. The van der Waals surface area contributed by atoms with E-state index in [1.54, 1.807) is 0 Å². The van der Waals surface area contributed by atoms with Crippen molar-refractivity contribution in [2.24, 2.45) is 0 Å². The molecular formula is C10H13NO4. The molecule has 0 aliphatic heterocycles. The molecule has 0 aliphatic carbocycles. The van der Waals surface area contributed by atoms with Crippen molar-refractivity contribution in [3.8, 4) is 0 Å². The van der Waals surface area contributed by atoms with Crippen LogP contribution in [0.3, 0.4) is 0 Å². The fraction of sp³-hybridized carbons (Fsp3) is 0.200. The molecule has 82 valence electrons. The Morgan fingerprint density at radius 3 is 2.47 bits per heavy atom. The summed E-state index contributed by atoms with van der Waals surface area (Å²) < 4.78 is 9.21. The van der Waals surface area contributed by atoms with Crippen molar-refractivity contribution in [2.45, 2.75) is 0 Å². The summed E-state index contributed by atoms with van der Waals surface area (Å²) >= 11 is 0. The van der Waals surface area contributed by atoms with Crippen LogP contribution in [0.2, 0.25) is 0 Å². The lowest BCUT2D eigenvalue weighted by atomic mass is 10.5. The number of nitrogens with one attached hydrogen (secondary N) is 1. The van der Waals surface area contributed by atoms with Crippen LogP contribution in [0, 0.1) is 0 Å². The van der Waals surface area contributed by atoms with Gasteiger partial charge in [0.2, 0.25) is 0 Å². The van der Waals surface area contributed by atoms with Crippen LogP contribution >= 0.6 is 0 Å². The molecule has 0 rings (SSSR count). The summed E-state index contributed by atoms with van der Waals surface area (Å²) in [5.74, 6) is -0.392. The van der Waals surface area contributed by atoms with Gasteiger partial charge in [0, 0.05) is 6.08 Å². The standard InChI is InChI=1S/C10H13NO4/c1-4-8(3)15-10(13)11-6-7-14-9(12)5-2/h4-5H,1-3,6-7H2,(H,11,13). The minimum Gasteiger partial charge on any atom is -0.461 e.